The average Bonchev–Trinajstić information content (AvgIpc) is 3.20. The van der Waals surface area contributed by atoms with Crippen molar-refractivity contribution in [2.75, 3.05) is 13.2 Å². The molecule has 2 saturated heterocycles. The standard InChI is InChI=1S/C18H25NO4S/c1-6-21-11(2)14-7-8-15(24-14)16-13-9-12(22-16)10-19(13)17(20)23-18(3,4)5/h7-8,12-13,16H,2,6,9-10H2,1,3-5H3/t12-,13-,16-/m0/s1. The summed E-state index contributed by atoms with van der Waals surface area (Å²) in [4.78, 5) is 16.4. The minimum absolute atomic E-state index is 0.0386. The Hall–Kier alpha value is -1.53. The number of hydrogen-bond acceptors (Lipinski definition) is 5. The number of nitrogens with zero attached hydrogens (tertiary/aromatic N) is 1. The maximum atomic E-state index is 12.4. The van der Waals surface area contributed by atoms with Crippen molar-refractivity contribution in [3.05, 3.63) is 28.5 Å². The van der Waals surface area contributed by atoms with Crippen LogP contribution < -0.4 is 0 Å². The quantitative estimate of drug-likeness (QED) is 0.763. The molecule has 1 amide bonds. The van der Waals surface area contributed by atoms with Crippen LogP contribution in [-0.2, 0) is 14.2 Å². The van der Waals surface area contributed by atoms with E-state index in [4.69, 9.17) is 14.2 Å². The number of morpholine rings is 1. The van der Waals surface area contributed by atoms with Gasteiger partial charge in [0.2, 0.25) is 0 Å². The average molecular weight is 351 g/mol. The second-order valence-electron chi connectivity index (χ2n) is 7.17. The molecule has 132 valence electrons. The van der Waals surface area contributed by atoms with Crippen molar-refractivity contribution in [1.82, 2.24) is 4.90 Å². The molecule has 24 heavy (non-hydrogen) atoms. The lowest BCUT2D eigenvalue weighted by Crippen LogP contribution is -2.45. The number of hydrogen-bond donors (Lipinski definition) is 0. The summed E-state index contributed by atoms with van der Waals surface area (Å²) >= 11 is 1.62. The zero-order chi connectivity index (χ0) is 17.5. The van der Waals surface area contributed by atoms with Gasteiger partial charge < -0.3 is 14.2 Å². The zero-order valence-electron chi connectivity index (χ0n) is 14.7. The molecule has 0 aromatic carbocycles. The monoisotopic (exact) mass is 351 g/mol. The molecule has 3 rings (SSSR count). The summed E-state index contributed by atoms with van der Waals surface area (Å²) in [5, 5.41) is 0. The van der Waals surface area contributed by atoms with Crippen molar-refractivity contribution in [3.63, 3.8) is 0 Å². The zero-order valence-corrected chi connectivity index (χ0v) is 15.5. The first-order valence-electron chi connectivity index (χ1n) is 8.35. The van der Waals surface area contributed by atoms with Crippen LogP contribution in [0, 0.1) is 0 Å². The van der Waals surface area contributed by atoms with E-state index in [-0.39, 0.29) is 24.3 Å². The second kappa shape index (κ2) is 6.41. The second-order valence-corrected chi connectivity index (χ2v) is 8.29. The van der Waals surface area contributed by atoms with Crippen LogP contribution in [0.1, 0.15) is 50.0 Å². The van der Waals surface area contributed by atoms with Crippen LogP contribution in [0.4, 0.5) is 4.79 Å². The number of likely N-dealkylation sites (tertiary alicyclic amines) is 1. The van der Waals surface area contributed by atoms with Gasteiger partial charge in [-0.25, -0.2) is 4.79 Å². The number of ether oxygens (including phenoxy) is 3. The lowest BCUT2D eigenvalue weighted by Gasteiger charge is -2.34. The van der Waals surface area contributed by atoms with Crippen LogP contribution >= 0.6 is 11.3 Å². The van der Waals surface area contributed by atoms with Crippen LogP contribution in [0.2, 0.25) is 0 Å². The highest BCUT2D eigenvalue weighted by Gasteiger charge is 2.50. The van der Waals surface area contributed by atoms with Crippen LogP contribution in [0.15, 0.2) is 18.7 Å². The predicted octanol–water partition coefficient (Wildman–Crippen LogP) is 4.20. The fourth-order valence-corrected chi connectivity index (χ4v) is 4.23. The van der Waals surface area contributed by atoms with Crippen molar-refractivity contribution in [2.24, 2.45) is 0 Å². The Kier molecular flexibility index (Phi) is 4.62. The summed E-state index contributed by atoms with van der Waals surface area (Å²) < 4.78 is 17.1. The predicted molar refractivity (Wildman–Crippen MR) is 93.9 cm³/mol. The van der Waals surface area contributed by atoms with Crippen LogP contribution in [-0.4, -0.2) is 41.9 Å². The Morgan fingerprint density at radius 3 is 2.83 bits per heavy atom. The van der Waals surface area contributed by atoms with Crippen LogP contribution in [0.5, 0.6) is 0 Å². The highest BCUT2D eigenvalue weighted by molar-refractivity contribution is 7.13. The number of carbonyl (C=O) groups is 1. The molecule has 5 nitrogen and oxygen atoms in total. The summed E-state index contributed by atoms with van der Waals surface area (Å²) in [5.41, 5.74) is -0.486. The Labute approximate surface area is 147 Å². The van der Waals surface area contributed by atoms with Gasteiger partial charge in [0.15, 0.2) is 0 Å². The first-order chi connectivity index (χ1) is 11.3. The third-order valence-electron chi connectivity index (χ3n) is 4.12. The topological polar surface area (TPSA) is 48.0 Å². The molecule has 0 radical (unpaired) electrons. The number of carbonyl (C=O) groups excluding carboxylic acids is 1. The number of rotatable bonds is 4. The summed E-state index contributed by atoms with van der Waals surface area (Å²) in [5.74, 6) is 0.681. The van der Waals surface area contributed by atoms with E-state index in [1.165, 1.54) is 0 Å². The van der Waals surface area contributed by atoms with Crippen molar-refractivity contribution in [2.45, 2.75) is 58.0 Å². The Morgan fingerprint density at radius 2 is 2.21 bits per heavy atom. The van der Waals surface area contributed by atoms with Gasteiger partial charge in [0.1, 0.15) is 17.5 Å². The highest BCUT2D eigenvalue weighted by atomic mass is 32.1. The third-order valence-corrected chi connectivity index (χ3v) is 5.31. The minimum Gasteiger partial charge on any atom is -0.493 e. The summed E-state index contributed by atoms with van der Waals surface area (Å²) in [6.45, 7) is 12.8. The third kappa shape index (κ3) is 3.44. The molecule has 2 bridgehead atoms. The van der Waals surface area contributed by atoms with Crippen LogP contribution in [0.3, 0.4) is 0 Å². The first-order valence-corrected chi connectivity index (χ1v) is 9.17. The Bertz CT molecular complexity index is 633. The molecule has 0 aliphatic carbocycles. The molecule has 2 aliphatic heterocycles. The van der Waals surface area contributed by atoms with Gasteiger partial charge in [0.25, 0.3) is 0 Å². The Morgan fingerprint density at radius 1 is 1.46 bits per heavy atom. The fraction of sp³-hybridized carbons (Fsp3) is 0.611. The highest BCUT2D eigenvalue weighted by Crippen LogP contribution is 2.45. The van der Waals surface area contributed by atoms with Crippen molar-refractivity contribution >= 4 is 23.2 Å². The van der Waals surface area contributed by atoms with E-state index in [0.717, 1.165) is 16.2 Å². The van der Waals surface area contributed by atoms with Gasteiger partial charge in [-0.1, -0.05) is 6.58 Å². The Balaban J connectivity index is 1.72. The lowest BCUT2D eigenvalue weighted by atomic mass is 10.1. The van der Waals surface area contributed by atoms with E-state index in [2.05, 4.69) is 6.58 Å². The molecule has 2 fully saturated rings. The van der Waals surface area contributed by atoms with Gasteiger partial charge >= 0.3 is 6.09 Å². The first kappa shape index (κ1) is 17.3. The number of thiophene rings is 1. The number of amides is 1. The van der Waals surface area contributed by atoms with Gasteiger partial charge in [0, 0.05) is 4.88 Å². The van der Waals surface area contributed by atoms with Crippen molar-refractivity contribution in [3.8, 4) is 0 Å². The van der Waals surface area contributed by atoms with Gasteiger partial charge in [-0.2, -0.15) is 0 Å². The van der Waals surface area contributed by atoms with E-state index in [0.29, 0.717) is 18.9 Å². The van der Waals surface area contributed by atoms with E-state index in [9.17, 15) is 4.79 Å². The fourth-order valence-electron chi connectivity index (χ4n) is 3.20. The largest absolute Gasteiger partial charge is 0.493 e. The van der Waals surface area contributed by atoms with E-state index >= 15 is 0 Å². The van der Waals surface area contributed by atoms with Gasteiger partial charge in [-0.05, 0) is 46.2 Å². The normalized spacial score (nSPS) is 25.8. The lowest BCUT2D eigenvalue weighted by molar-refractivity contribution is -0.0455. The van der Waals surface area contributed by atoms with Crippen molar-refractivity contribution in [1.29, 1.82) is 0 Å². The molecule has 6 heteroatoms. The maximum Gasteiger partial charge on any atom is 0.410 e. The molecule has 2 aliphatic rings. The van der Waals surface area contributed by atoms with Gasteiger partial charge in [0.05, 0.1) is 30.2 Å². The minimum atomic E-state index is -0.486. The molecular weight excluding hydrogens is 326 g/mol. The van der Waals surface area contributed by atoms with E-state index in [1.54, 1.807) is 11.3 Å². The molecule has 0 spiro atoms. The maximum absolute atomic E-state index is 12.4. The SMILES string of the molecule is C=C(OCC)c1ccc([C@H]2O[C@H]3C[C@@H]2N(C(=O)OC(C)(C)C)C3)s1. The van der Waals surface area contributed by atoms with Crippen molar-refractivity contribution < 1.29 is 19.0 Å². The smallest absolute Gasteiger partial charge is 0.410 e. The molecule has 0 unspecified atom stereocenters. The molecule has 3 heterocycles. The summed E-state index contributed by atoms with van der Waals surface area (Å²) in [6.07, 6.45) is 0.611. The molecule has 3 atom stereocenters. The summed E-state index contributed by atoms with van der Waals surface area (Å²) in [6, 6.07) is 4.09. The molecule has 0 N–H and O–H groups in total. The van der Waals surface area contributed by atoms with E-state index < -0.39 is 5.60 Å². The number of fused-ring (bicyclic) bond motifs is 2. The summed E-state index contributed by atoms with van der Waals surface area (Å²) in [7, 11) is 0. The molecule has 0 saturated carbocycles. The molecule has 1 aromatic heterocycles. The van der Waals surface area contributed by atoms with E-state index in [1.807, 2.05) is 44.7 Å². The molecule has 1 aromatic rings. The van der Waals surface area contributed by atoms with Crippen LogP contribution in [0.25, 0.3) is 5.76 Å². The van der Waals surface area contributed by atoms with Gasteiger partial charge in [-0.3, -0.25) is 4.90 Å². The molecular formula is C18H25NO4S. The van der Waals surface area contributed by atoms with Gasteiger partial charge in [-0.15, -0.1) is 11.3 Å².